The molecule has 0 amide bonds. The molecule has 0 spiro atoms. The van der Waals surface area contributed by atoms with Crippen molar-refractivity contribution < 1.29 is 0 Å². The zero-order valence-electron chi connectivity index (χ0n) is 15.3. The third kappa shape index (κ3) is 2.47. The first-order valence-electron chi connectivity index (χ1n) is 9.23. The van der Waals surface area contributed by atoms with Gasteiger partial charge in [-0.05, 0) is 59.1 Å². The molecule has 0 aliphatic heterocycles. The molecule has 0 fully saturated rings. The fraction of sp³-hybridized carbons (Fsp3) is 0.391. The van der Waals surface area contributed by atoms with Crippen molar-refractivity contribution in [1.82, 2.24) is 4.57 Å². The molecule has 2 aromatic rings. The van der Waals surface area contributed by atoms with Crippen molar-refractivity contribution in [2.45, 2.75) is 53.0 Å². The Kier molecular flexibility index (Phi) is 3.75. The first-order chi connectivity index (χ1) is 11.5. The van der Waals surface area contributed by atoms with Crippen LogP contribution in [-0.2, 0) is 6.42 Å². The first kappa shape index (κ1) is 15.5. The van der Waals surface area contributed by atoms with Gasteiger partial charge in [0, 0.05) is 34.1 Å². The average molecular weight is 317 g/mol. The fourth-order valence-corrected chi connectivity index (χ4v) is 4.33. The summed E-state index contributed by atoms with van der Waals surface area (Å²) in [6.07, 6.45) is 13.1. The van der Waals surface area contributed by atoms with E-state index < -0.39 is 0 Å². The quantitative estimate of drug-likeness (QED) is 0.605. The molecule has 1 heterocycles. The number of hydrogen-bond donors (Lipinski definition) is 0. The van der Waals surface area contributed by atoms with E-state index in [2.05, 4.69) is 74.8 Å². The van der Waals surface area contributed by atoms with E-state index >= 15 is 0 Å². The number of benzene rings is 1. The highest BCUT2D eigenvalue weighted by Crippen LogP contribution is 2.39. The summed E-state index contributed by atoms with van der Waals surface area (Å²) in [5.41, 5.74) is 8.75. The molecule has 1 aromatic heterocycles. The van der Waals surface area contributed by atoms with Gasteiger partial charge in [-0.25, -0.2) is 0 Å². The Morgan fingerprint density at radius 1 is 1.12 bits per heavy atom. The molecule has 0 saturated heterocycles. The topological polar surface area (TPSA) is 4.93 Å². The summed E-state index contributed by atoms with van der Waals surface area (Å²) < 4.78 is 2.55. The van der Waals surface area contributed by atoms with E-state index in [1.165, 1.54) is 46.1 Å². The molecule has 1 heteroatoms. The molecular weight excluding hydrogens is 290 g/mol. The number of fused-ring (bicyclic) bond motifs is 3. The van der Waals surface area contributed by atoms with Crippen molar-refractivity contribution in [3.8, 4) is 0 Å². The average Bonchev–Trinajstić information content (AvgIpc) is 2.88. The molecule has 0 radical (unpaired) electrons. The number of hydrogen-bond acceptors (Lipinski definition) is 0. The molecule has 0 bridgehead atoms. The van der Waals surface area contributed by atoms with Crippen LogP contribution >= 0.6 is 0 Å². The summed E-state index contributed by atoms with van der Waals surface area (Å²) in [5, 5.41) is 1.43. The Bertz CT molecular complexity index is 886. The summed E-state index contributed by atoms with van der Waals surface area (Å²) in [5.74, 6) is 0.587. The van der Waals surface area contributed by atoms with E-state index in [1.807, 2.05) is 0 Å². The van der Waals surface area contributed by atoms with E-state index in [9.17, 15) is 0 Å². The Morgan fingerprint density at radius 2 is 1.96 bits per heavy atom. The molecule has 2 aliphatic rings. The number of allylic oxidation sites excluding steroid dienone is 5. The van der Waals surface area contributed by atoms with Crippen molar-refractivity contribution in [2.24, 2.45) is 5.92 Å². The van der Waals surface area contributed by atoms with Crippen LogP contribution in [0.15, 0.2) is 47.6 Å². The van der Waals surface area contributed by atoms with Crippen LogP contribution in [0.3, 0.4) is 0 Å². The van der Waals surface area contributed by atoms with E-state index in [0.717, 1.165) is 6.42 Å². The van der Waals surface area contributed by atoms with Crippen LogP contribution in [-0.4, -0.2) is 4.57 Å². The van der Waals surface area contributed by atoms with E-state index in [0.29, 0.717) is 12.0 Å². The lowest BCUT2D eigenvalue weighted by atomic mass is 9.83. The maximum absolute atomic E-state index is 2.55. The van der Waals surface area contributed by atoms with Gasteiger partial charge in [0.1, 0.15) is 0 Å². The number of nitrogens with zero attached hydrogens (tertiary/aromatic N) is 1. The van der Waals surface area contributed by atoms with Crippen LogP contribution in [0.4, 0.5) is 0 Å². The standard InChI is InChI=1S/C23H27N/c1-15(2)24-22-11-7-17(4)13-20(22)21-14-19(10-12-23(21)24)18-8-5-16(3)6-9-18/h5-8,11,13-15,18H,9-10,12H2,1-4H3. The molecule has 124 valence electrons. The Labute approximate surface area is 145 Å². The normalized spacial score (nSPS) is 20.3. The molecule has 1 atom stereocenters. The van der Waals surface area contributed by atoms with Gasteiger partial charge in [0.05, 0.1) is 0 Å². The van der Waals surface area contributed by atoms with Gasteiger partial charge < -0.3 is 4.57 Å². The van der Waals surface area contributed by atoms with Gasteiger partial charge in [0.15, 0.2) is 0 Å². The summed E-state index contributed by atoms with van der Waals surface area (Å²) >= 11 is 0. The SMILES string of the molecule is CC1=CCC(C2=Cc3c(n(C(C)C)c4ccc(C)cc34)CC2)C=C1. The Balaban J connectivity index is 1.86. The number of aryl methyl sites for hydroxylation is 1. The zero-order chi connectivity index (χ0) is 16.8. The van der Waals surface area contributed by atoms with Crippen LogP contribution in [0.2, 0.25) is 0 Å². The second-order valence-electron chi connectivity index (χ2n) is 7.71. The van der Waals surface area contributed by atoms with Gasteiger partial charge in [-0.1, -0.05) is 47.1 Å². The van der Waals surface area contributed by atoms with Crippen LogP contribution in [0.25, 0.3) is 17.0 Å². The molecule has 2 aliphatic carbocycles. The lowest BCUT2D eigenvalue weighted by Gasteiger charge is -2.24. The monoisotopic (exact) mass is 317 g/mol. The smallest absolute Gasteiger partial charge is 0.0491 e. The molecular formula is C23H27N. The Morgan fingerprint density at radius 3 is 2.67 bits per heavy atom. The third-order valence-corrected chi connectivity index (χ3v) is 5.56. The molecule has 24 heavy (non-hydrogen) atoms. The molecule has 0 saturated carbocycles. The number of rotatable bonds is 2. The van der Waals surface area contributed by atoms with Crippen molar-refractivity contribution in [1.29, 1.82) is 0 Å². The first-order valence-corrected chi connectivity index (χ1v) is 9.23. The minimum atomic E-state index is 0.508. The molecule has 1 unspecified atom stereocenters. The maximum Gasteiger partial charge on any atom is 0.0491 e. The summed E-state index contributed by atoms with van der Waals surface area (Å²) in [6.45, 7) is 9.00. The maximum atomic E-state index is 2.55. The van der Waals surface area contributed by atoms with Crippen molar-refractivity contribution in [3.05, 3.63) is 64.4 Å². The molecule has 0 N–H and O–H groups in total. The molecule has 1 aromatic carbocycles. The van der Waals surface area contributed by atoms with Crippen molar-refractivity contribution >= 4 is 17.0 Å². The van der Waals surface area contributed by atoms with Gasteiger partial charge in [-0.15, -0.1) is 0 Å². The minimum Gasteiger partial charge on any atom is -0.341 e. The van der Waals surface area contributed by atoms with Crippen molar-refractivity contribution in [3.63, 3.8) is 0 Å². The van der Waals surface area contributed by atoms with Gasteiger partial charge >= 0.3 is 0 Å². The second-order valence-corrected chi connectivity index (χ2v) is 7.71. The van der Waals surface area contributed by atoms with E-state index in [1.54, 1.807) is 5.57 Å². The third-order valence-electron chi connectivity index (χ3n) is 5.56. The minimum absolute atomic E-state index is 0.508. The van der Waals surface area contributed by atoms with Gasteiger partial charge in [0.2, 0.25) is 0 Å². The Hall–Kier alpha value is -2.02. The summed E-state index contributed by atoms with van der Waals surface area (Å²) in [4.78, 5) is 0. The second kappa shape index (κ2) is 5.81. The molecule has 4 rings (SSSR count). The van der Waals surface area contributed by atoms with Crippen LogP contribution in [0.5, 0.6) is 0 Å². The highest BCUT2D eigenvalue weighted by atomic mass is 15.0. The summed E-state index contributed by atoms with van der Waals surface area (Å²) in [6, 6.07) is 7.43. The van der Waals surface area contributed by atoms with E-state index in [4.69, 9.17) is 0 Å². The number of aromatic nitrogens is 1. The van der Waals surface area contributed by atoms with Crippen LogP contribution in [0, 0.1) is 12.8 Å². The van der Waals surface area contributed by atoms with Crippen LogP contribution in [0.1, 0.15) is 56.5 Å². The van der Waals surface area contributed by atoms with Crippen molar-refractivity contribution in [2.75, 3.05) is 0 Å². The fourth-order valence-electron chi connectivity index (χ4n) is 4.33. The predicted molar refractivity (Wildman–Crippen MR) is 104 cm³/mol. The molecule has 1 nitrogen and oxygen atoms in total. The summed E-state index contributed by atoms with van der Waals surface area (Å²) in [7, 11) is 0. The van der Waals surface area contributed by atoms with E-state index in [-0.39, 0.29) is 0 Å². The van der Waals surface area contributed by atoms with Crippen LogP contribution < -0.4 is 0 Å². The van der Waals surface area contributed by atoms with Gasteiger partial charge in [-0.3, -0.25) is 0 Å². The predicted octanol–water partition coefficient (Wildman–Crippen LogP) is 6.38. The lowest BCUT2D eigenvalue weighted by Crippen LogP contribution is -2.12. The van der Waals surface area contributed by atoms with Gasteiger partial charge in [-0.2, -0.15) is 0 Å². The van der Waals surface area contributed by atoms with Gasteiger partial charge in [0.25, 0.3) is 0 Å². The highest BCUT2D eigenvalue weighted by Gasteiger charge is 2.24. The highest BCUT2D eigenvalue weighted by molar-refractivity contribution is 5.93. The lowest BCUT2D eigenvalue weighted by molar-refractivity contribution is 0.583. The largest absolute Gasteiger partial charge is 0.341 e. The zero-order valence-corrected chi connectivity index (χ0v) is 15.3.